The van der Waals surface area contributed by atoms with Gasteiger partial charge in [-0.15, -0.1) is 0 Å². The monoisotopic (exact) mass is 2270 g/mol. The van der Waals surface area contributed by atoms with Crippen LogP contribution in [0.3, 0.4) is 0 Å². The molecule has 0 saturated carbocycles. The Morgan fingerprint density at radius 2 is 0.733 bits per heavy atom. The van der Waals surface area contributed by atoms with Crippen LogP contribution in [0.25, 0.3) is 33.2 Å². The Kier molecular flexibility index (Phi) is 40.6. The van der Waals surface area contributed by atoms with E-state index in [0.717, 1.165) is 12.7 Å². The number of ether oxygens (including phenoxy) is 14. The Morgan fingerprint density at radius 3 is 1.05 bits per heavy atom. The maximum Gasteiger partial charge on any atom is 0.303 e. The number of phenols is 1. The molecular weight excluding hydrogens is 2190 g/mol. The predicted molar refractivity (Wildman–Crippen MR) is 502 cm³/mol. The zero-order valence-electron chi connectivity index (χ0n) is 71.0. The van der Waals surface area contributed by atoms with Crippen molar-refractivity contribution in [2.24, 2.45) is 35.5 Å². The summed E-state index contributed by atoms with van der Waals surface area (Å²) in [4.78, 5) is 89.5. The number of rotatable bonds is 21. The number of nitro benzene ring substituents is 2. The van der Waals surface area contributed by atoms with E-state index in [0.29, 0.717) is 37.7 Å². The van der Waals surface area contributed by atoms with E-state index < -0.39 is 148 Å². The number of aliphatic hydroxyl groups is 4. The Balaban J connectivity index is 0.000000210. The minimum absolute atomic E-state index is 0.00536. The molecule has 12 rings (SSSR count). The number of non-ortho nitro benzene ring substituents is 2. The molecule has 47 heteroatoms. The topological polar surface area (TPSA) is 453 Å². The Bertz CT molecular complexity index is 5360. The van der Waals surface area contributed by atoms with Crippen molar-refractivity contribution in [2.75, 3.05) is 26.4 Å². The minimum Gasteiger partial charge on any atom is -0.505 e. The van der Waals surface area contributed by atoms with Crippen LogP contribution in [0.15, 0.2) is 109 Å². The van der Waals surface area contributed by atoms with Crippen LogP contribution in [0.1, 0.15) is 83.1 Å². The molecule has 0 aliphatic carbocycles. The fraction of sp³-hybridized carbons (Fsp3) is 0.440. The number of nitro groups is 2. The van der Waals surface area contributed by atoms with Crippen molar-refractivity contribution in [3.05, 3.63) is 177 Å². The van der Waals surface area contributed by atoms with Gasteiger partial charge in [0, 0.05) is 125 Å². The van der Waals surface area contributed by atoms with E-state index in [1.54, 1.807) is 82.2 Å². The molecule has 714 valence electrons. The highest BCUT2D eigenvalue weighted by Gasteiger charge is 2.51. The fourth-order valence-electron chi connectivity index (χ4n) is 13.7. The molecule has 0 amide bonds. The number of alkyl halides is 3. The number of hydrogen-bond acceptors (Lipinski definition) is 30. The van der Waals surface area contributed by atoms with Crippen LogP contribution >= 0.6 is 173 Å². The van der Waals surface area contributed by atoms with Crippen molar-refractivity contribution < 1.29 is 130 Å². The number of nitrogens with zero attached hydrogens (tertiary/aromatic N) is 4. The largest absolute Gasteiger partial charge is 0.505 e. The molecule has 4 aliphatic heterocycles. The van der Waals surface area contributed by atoms with Gasteiger partial charge >= 0.3 is 35.8 Å². The Labute approximate surface area is 831 Å². The average Bonchev–Trinajstić information content (AvgIpc) is 1.69. The number of aromatic nitrogens is 2. The molecule has 4 aliphatic rings. The molecule has 2 aromatic heterocycles. The summed E-state index contributed by atoms with van der Waals surface area (Å²) in [6, 6.07) is 25.5. The van der Waals surface area contributed by atoms with Gasteiger partial charge in [0.1, 0.15) is 44.2 Å². The van der Waals surface area contributed by atoms with Crippen molar-refractivity contribution in [1.82, 2.24) is 9.13 Å². The number of benzene rings is 6. The molecule has 0 radical (unpaired) electrons. The lowest BCUT2D eigenvalue weighted by Crippen LogP contribution is -2.60. The Hall–Kier alpha value is -6.98. The lowest BCUT2D eigenvalue weighted by atomic mass is 9.83. The van der Waals surface area contributed by atoms with Crippen LogP contribution in [0.2, 0.25) is 40.2 Å². The third-order valence-electron chi connectivity index (χ3n) is 21.1. The first-order valence-corrected chi connectivity index (χ1v) is 45.6. The third kappa shape index (κ3) is 29.3. The summed E-state index contributed by atoms with van der Waals surface area (Å²) in [6.45, 7) is 18.6. The highest BCUT2D eigenvalue weighted by Crippen LogP contribution is 2.46. The molecule has 6 heterocycles. The summed E-state index contributed by atoms with van der Waals surface area (Å²) in [7, 11) is 0. The van der Waals surface area contributed by atoms with E-state index in [9.17, 15) is 69.4 Å². The van der Waals surface area contributed by atoms with Gasteiger partial charge in [-0.25, -0.2) is 0 Å². The lowest BCUT2D eigenvalue weighted by Gasteiger charge is -2.43. The Morgan fingerprint density at radius 1 is 0.427 bits per heavy atom. The van der Waals surface area contributed by atoms with Gasteiger partial charge in [-0.05, 0) is 136 Å². The third-order valence-corrected chi connectivity index (χ3v) is 25.1. The normalized spacial score (nSPS) is 25.0. The zero-order chi connectivity index (χ0) is 97.6. The van der Waals surface area contributed by atoms with Gasteiger partial charge in [-0.1, -0.05) is 169 Å². The first kappa shape index (κ1) is 109. The second-order valence-corrected chi connectivity index (χ2v) is 38.2. The van der Waals surface area contributed by atoms with Crippen LogP contribution in [0, 0.1) is 68.3 Å². The van der Waals surface area contributed by atoms with Crippen molar-refractivity contribution in [3.8, 4) is 34.4 Å². The number of phenolic OH excluding ortho intramolecular Hbond substituents is 1. The second-order valence-electron chi connectivity index (χ2n) is 30.2. The number of aromatic hydroxyl groups is 1. The van der Waals surface area contributed by atoms with Gasteiger partial charge < -0.3 is 101 Å². The smallest absolute Gasteiger partial charge is 0.303 e. The number of aliphatic hydroxyl groups excluding tert-OH is 4. The SMILES string of the molecule is CC(=O)OCC1O[C@H](OC(=N)C(Cl)(Cl)Cl)C(OC(C)=O)[C@@H](C)[C@@H]1C.CC(=O)OCC1O[C@H](Oc2c(Cl)cc(-n3ccc4cc([N+](=O)[O-])ccc43)cc2Cl)C(OC(C)=O)[C@@H](C)[C@@H]1C.CC(=O)OCC1O[C@H](Oc2c(Cl)cc(I)cc2Cl)C(OC(C)=O)[C@@H](C)[C@@H]1C.O=[N+]([O-])c1ccc2c(ccn2-c2cc(Cl)c(O[C@H]3OC(CO)[C@@H](O)[C@H](O)C3O)c(Cl)c2)c1.Oc1c(Cl)cc(I)cc1Cl. The molecule has 131 heavy (non-hydrogen) atoms. The first-order valence-electron chi connectivity index (χ1n) is 39.3. The lowest BCUT2D eigenvalue weighted by molar-refractivity contribution is -0.384. The summed E-state index contributed by atoms with van der Waals surface area (Å²) in [6.07, 6.45) is -10.8. The van der Waals surface area contributed by atoms with Crippen LogP contribution in [0.5, 0.6) is 23.0 Å². The molecule has 4 saturated heterocycles. The molecule has 8 aromatic rings. The van der Waals surface area contributed by atoms with Crippen molar-refractivity contribution in [2.45, 2.75) is 173 Å². The van der Waals surface area contributed by atoms with Crippen molar-refractivity contribution in [3.63, 3.8) is 0 Å². The van der Waals surface area contributed by atoms with Crippen LogP contribution < -0.4 is 14.2 Å². The maximum atomic E-state index is 11.8. The van der Waals surface area contributed by atoms with Crippen molar-refractivity contribution >= 4 is 248 Å². The predicted octanol–water partition coefficient (Wildman–Crippen LogP) is 18.4. The molecule has 0 bridgehead atoms. The summed E-state index contributed by atoms with van der Waals surface area (Å²) in [5, 5.41) is 81.1. The number of hydrogen-bond donors (Lipinski definition) is 6. The van der Waals surface area contributed by atoms with Crippen LogP contribution in [0.4, 0.5) is 11.4 Å². The first-order chi connectivity index (χ1) is 61.3. The standard InChI is InChI=1S/C26H26Cl2N2O8.C20H18Cl2N2O8.C18H21Cl2IO6.C14H20Cl3NO6.C6H3Cl2IO/c1-13-14(2)24(36-16(4)32)26(37-23(13)12-35-15(3)31)38-25-20(27)10-19(11-21(25)28)29-8-7-17-9-18(30(33)34)5-6-22(17)29;21-12-6-11(23-4-3-9-5-10(24(29)30)1-2-14(9)23)7-13(22)19(12)32-20-18(28)17(27)16(26)15(8-25)31-20;1-8-9(2)16(25-11(4)23)18(26-15(8)7-24-10(3)22)27-17-13(19)5-12(21)6-14(17)20;1-6-7(2)11(22-9(4)20)12(24-13(18)14(15,16)17)23-10(6)5-21-8(3)19;7-4-1-3(9)2-5(8)6(4)10/h5-11,13-14,23-24,26H,12H2,1-4H3;1-7,15-18,20,25-28H,8H2;5-6,8-9,15-16,18H,7H2,1-4H3;6-7,10-12,18H,5H2,1-4H3;1-2,10H/t13-,14-,23?,24?,26+;15?,16-,17+,18?,20-;8-,9-,15?,16?,18+;6-,7-,10?,11?,12+;/m0100./s1. The molecule has 34 nitrogen and oxygen atoms in total. The fourth-order valence-corrected chi connectivity index (χ4v) is 18.0. The van der Waals surface area contributed by atoms with Crippen molar-refractivity contribution in [1.29, 1.82) is 5.41 Å². The molecule has 6 N–H and O–H groups in total. The molecular formula is C84H88Cl11I2N5O29. The van der Waals surface area contributed by atoms with Gasteiger partial charge in [0.25, 0.3) is 15.2 Å². The van der Waals surface area contributed by atoms with Gasteiger partial charge in [0.15, 0.2) is 41.3 Å². The summed E-state index contributed by atoms with van der Waals surface area (Å²) >= 11 is 70.6. The van der Waals surface area contributed by atoms with Crippen LogP contribution in [-0.2, 0) is 80.9 Å². The number of esters is 6. The van der Waals surface area contributed by atoms with E-state index in [-0.39, 0.29) is 120 Å². The molecule has 4 fully saturated rings. The number of fused-ring (bicyclic) bond motifs is 2. The summed E-state index contributed by atoms with van der Waals surface area (Å²) in [5.74, 6) is -3.97. The number of nitrogens with one attached hydrogen (secondary N) is 1. The molecule has 0 spiro atoms. The molecule has 20 atom stereocenters. The highest BCUT2D eigenvalue weighted by atomic mass is 127. The quantitative estimate of drug-likeness (QED) is 0.00569. The average molecular weight is 2280 g/mol. The molecule has 8 unspecified atom stereocenters. The molecule has 6 aromatic carbocycles. The van der Waals surface area contributed by atoms with E-state index in [2.05, 4.69) is 45.2 Å². The summed E-state index contributed by atoms with van der Waals surface area (Å²) in [5.41, 5.74) is 2.51. The minimum atomic E-state index is -2.08. The maximum absolute atomic E-state index is 11.8. The number of carbonyl (C=O) groups excluding carboxylic acids is 6. The second kappa shape index (κ2) is 48.7. The highest BCUT2D eigenvalue weighted by molar-refractivity contribution is 14.1. The van der Waals surface area contributed by atoms with Crippen LogP contribution in [-0.4, -0.2) is 203 Å². The van der Waals surface area contributed by atoms with E-state index in [1.807, 2.05) is 41.5 Å². The summed E-state index contributed by atoms with van der Waals surface area (Å²) < 4.78 is 80.7. The van der Waals surface area contributed by atoms with Gasteiger partial charge in [0.05, 0.1) is 86.0 Å². The number of halogens is 13. The van der Waals surface area contributed by atoms with Gasteiger partial charge in [-0.2, -0.15) is 0 Å². The van der Waals surface area contributed by atoms with Gasteiger partial charge in [0.2, 0.25) is 31.1 Å². The van der Waals surface area contributed by atoms with E-state index in [4.69, 9.17) is 204 Å². The number of carbonyl (C=O) groups is 6. The zero-order valence-corrected chi connectivity index (χ0v) is 83.6. The van der Waals surface area contributed by atoms with E-state index >= 15 is 0 Å². The van der Waals surface area contributed by atoms with Gasteiger partial charge in [-0.3, -0.25) is 54.4 Å². The van der Waals surface area contributed by atoms with E-state index in [1.165, 1.54) is 77.9 Å².